The fourth-order valence-electron chi connectivity index (χ4n) is 1.44. The van der Waals surface area contributed by atoms with E-state index in [1.165, 1.54) is 13.8 Å². The van der Waals surface area contributed by atoms with Gasteiger partial charge in [0, 0.05) is 12.7 Å². The van der Waals surface area contributed by atoms with Crippen molar-refractivity contribution in [1.29, 1.82) is 0 Å². The van der Waals surface area contributed by atoms with Crippen molar-refractivity contribution in [2.24, 2.45) is 0 Å². The van der Waals surface area contributed by atoms with E-state index in [4.69, 9.17) is 9.47 Å². The zero-order chi connectivity index (χ0) is 13.6. The van der Waals surface area contributed by atoms with E-state index in [0.29, 0.717) is 25.4 Å². The molecule has 0 saturated carbocycles. The maximum atomic E-state index is 11.8. The minimum absolute atomic E-state index is 0.283. The first-order chi connectivity index (χ1) is 8.45. The molecule has 0 bridgehead atoms. The number of hydrogen-bond acceptors (Lipinski definition) is 4. The number of Topliss-reactive ketones (excluding diaryl/α,β-unsaturated/α-hetero) is 1. The summed E-state index contributed by atoms with van der Waals surface area (Å²) < 4.78 is 10.2. The summed E-state index contributed by atoms with van der Waals surface area (Å²) in [6, 6.07) is 7.06. The second kappa shape index (κ2) is 6.64. The summed E-state index contributed by atoms with van der Waals surface area (Å²) in [5.74, 6) is -0.283. The van der Waals surface area contributed by atoms with Gasteiger partial charge in [0.2, 0.25) is 0 Å². The number of hydrogen-bond donors (Lipinski definition) is 1. The molecule has 0 aliphatic rings. The first-order valence-electron chi connectivity index (χ1n) is 5.88. The molecule has 4 heteroatoms. The molecule has 0 aliphatic heterocycles. The van der Waals surface area contributed by atoms with Gasteiger partial charge in [-0.1, -0.05) is 24.3 Å². The van der Waals surface area contributed by atoms with Crippen LogP contribution in [-0.2, 0) is 16.1 Å². The molecule has 0 aliphatic carbocycles. The molecule has 18 heavy (non-hydrogen) atoms. The van der Waals surface area contributed by atoms with Crippen molar-refractivity contribution >= 4 is 5.78 Å². The van der Waals surface area contributed by atoms with Crippen molar-refractivity contribution in [2.45, 2.75) is 26.1 Å². The molecule has 0 atom stereocenters. The van der Waals surface area contributed by atoms with Crippen LogP contribution < -0.4 is 0 Å². The van der Waals surface area contributed by atoms with Crippen LogP contribution in [0.15, 0.2) is 24.3 Å². The van der Waals surface area contributed by atoms with Gasteiger partial charge < -0.3 is 14.6 Å². The maximum absolute atomic E-state index is 11.8. The Morgan fingerprint density at radius 1 is 1.22 bits per heavy atom. The molecule has 0 fully saturated rings. The molecule has 0 heterocycles. The summed E-state index contributed by atoms with van der Waals surface area (Å²) in [7, 11) is 1.63. The van der Waals surface area contributed by atoms with Gasteiger partial charge in [-0.3, -0.25) is 4.79 Å². The number of aliphatic hydroxyl groups is 1. The second-order valence-electron chi connectivity index (χ2n) is 4.63. The lowest BCUT2D eigenvalue weighted by Gasteiger charge is -2.15. The summed E-state index contributed by atoms with van der Waals surface area (Å²) in [6.07, 6.45) is 0. The Labute approximate surface area is 108 Å². The van der Waals surface area contributed by atoms with Gasteiger partial charge in [-0.25, -0.2) is 0 Å². The van der Waals surface area contributed by atoms with Crippen LogP contribution in [0.5, 0.6) is 0 Å². The Morgan fingerprint density at radius 3 is 2.33 bits per heavy atom. The minimum Gasteiger partial charge on any atom is -0.382 e. The van der Waals surface area contributed by atoms with Gasteiger partial charge in [-0.05, 0) is 19.4 Å². The molecular weight excluding hydrogens is 232 g/mol. The number of ketones is 1. The fraction of sp³-hybridized carbons (Fsp3) is 0.500. The number of rotatable bonds is 7. The van der Waals surface area contributed by atoms with Crippen molar-refractivity contribution in [3.63, 3.8) is 0 Å². The van der Waals surface area contributed by atoms with Crippen LogP contribution >= 0.6 is 0 Å². The zero-order valence-corrected chi connectivity index (χ0v) is 11.1. The standard InChI is InChI=1S/C14H20O4/c1-14(2,16)13(15)12-6-4-11(5-7-12)10-18-9-8-17-3/h4-7,16H,8-10H2,1-3H3. The summed E-state index contributed by atoms with van der Waals surface area (Å²) >= 11 is 0. The van der Waals surface area contributed by atoms with Gasteiger partial charge in [0.1, 0.15) is 5.60 Å². The van der Waals surface area contributed by atoms with Crippen LogP contribution in [0.3, 0.4) is 0 Å². The first-order valence-corrected chi connectivity index (χ1v) is 5.88. The molecule has 0 saturated heterocycles. The molecule has 1 rings (SSSR count). The number of carbonyl (C=O) groups excluding carboxylic acids is 1. The Balaban J connectivity index is 2.55. The average Bonchev–Trinajstić information content (AvgIpc) is 2.33. The van der Waals surface area contributed by atoms with Gasteiger partial charge in [-0.2, -0.15) is 0 Å². The minimum atomic E-state index is -1.34. The molecule has 0 radical (unpaired) electrons. The van der Waals surface area contributed by atoms with Crippen LogP contribution in [0.25, 0.3) is 0 Å². The third-order valence-electron chi connectivity index (χ3n) is 2.47. The van der Waals surface area contributed by atoms with Crippen molar-refractivity contribution in [1.82, 2.24) is 0 Å². The van der Waals surface area contributed by atoms with Gasteiger partial charge >= 0.3 is 0 Å². The lowest BCUT2D eigenvalue weighted by Crippen LogP contribution is -2.31. The highest BCUT2D eigenvalue weighted by Crippen LogP contribution is 2.13. The van der Waals surface area contributed by atoms with Gasteiger partial charge in [0.25, 0.3) is 0 Å². The highest BCUT2D eigenvalue weighted by molar-refractivity contribution is 6.01. The number of methoxy groups -OCH3 is 1. The SMILES string of the molecule is COCCOCc1ccc(C(=O)C(C)(C)O)cc1. The van der Waals surface area contributed by atoms with Crippen LogP contribution in [0.4, 0.5) is 0 Å². The Morgan fingerprint density at radius 2 is 1.83 bits per heavy atom. The first kappa shape index (κ1) is 14.8. The van der Waals surface area contributed by atoms with Crippen molar-refractivity contribution < 1.29 is 19.4 Å². The van der Waals surface area contributed by atoms with Crippen molar-refractivity contribution in [3.8, 4) is 0 Å². The highest BCUT2D eigenvalue weighted by atomic mass is 16.5. The van der Waals surface area contributed by atoms with E-state index < -0.39 is 5.60 Å². The molecule has 4 nitrogen and oxygen atoms in total. The molecule has 0 amide bonds. The van der Waals surface area contributed by atoms with Gasteiger partial charge in [-0.15, -0.1) is 0 Å². The smallest absolute Gasteiger partial charge is 0.193 e. The summed E-state index contributed by atoms with van der Waals surface area (Å²) in [6.45, 7) is 4.56. The Hall–Kier alpha value is -1.23. The predicted octanol–water partition coefficient (Wildman–Crippen LogP) is 1.80. The molecule has 0 aromatic heterocycles. The largest absolute Gasteiger partial charge is 0.382 e. The van der Waals surface area contributed by atoms with Crippen LogP contribution in [0.1, 0.15) is 29.8 Å². The second-order valence-corrected chi connectivity index (χ2v) is 4.63. The normalized spacial score (nSPS) is 11.6. The Bertz CT molecular complexity index is 376. The number of ether oxygens (including phenoxy) is 2. The van der Waals surface area contributed by atoms with E-state index in [1.807, 2.05) is 12.1 Å². The molecular formula is C14H20O4. The molecule has 0 unspecified atom stereocenters. The van der Waals surface area contributed by atoms with E-state index in [0.717, 1.165) is 5.56 Å². The summed E-state index contributed by atoms with van der Waals surface area (Å²) in [4.78, 5) is 11.8. The molecule has 0 spiro atoms. The topological polar surface area (TPSA) is 55.8 Å². The molecule has 1 aromatic rings. The van der Waals surface area contributed by atoms with E-state index in [1.54, 1.807) is 19.2 Å². The quantitative estimate of drug-likeness (QED) is 0.594. The lowest BCUT2D eigenvalue weighted by molar-refractivity contribution is 0.0487. The van der Waals surface area contributed by atoms with Gasteiger partial charge in [0.05, 0.1) is 19.8 Å². The van der Waals surface area contributed by atoms with Gasteiger partial charge in [0.15, 0.2) is 5.78 Å². The lowest BCUT2D eigenvalue weighted by atomic mass is 9.96. The van der Waals surface area contributed by atoms with Crippen molar-refractivity contribution in [3.05, 3.63) is 35.4 Å². The molecule has 1 aromatic carbocycles. The Kier molecular flexibility index (Phi) is 5.47. The number of benzene rings is 1. The van der Waals surface area contributed by atoms with Crippen LogP contribution in [-0.4, -0.2) is 36.8 Å². The monoisotopic (exact) mass is 252 g/mol. The van der Waals surface area contributed by atoms with Crippen molar-refractivity contribution in [2.75, 3.05) is 20.3 Å². The van der Waals surface area contributed by atoms with E-state index in [-0.39, 0.29) is 5.78 Å². The van der Waals surface area contributed by atoms with Crippen LogP contribution in [0, 0.1) is 0 Å². The third kappa shape index (κ3) is 4.56. The van der Waals surface area contributed by atoms with E-state index >= 15 is 0 Å². The highest BCUT2D eigenvalue weighted by Gasteiger charge is 2.24. The predicted molar refractivity (Wildman–Crippen MR) is 68.6 cm³/mol. The zero-order valence-electron chi connectivity index (χ0n) is 11.1. The van der Waals surface area contributed by atoms with E-state index in [9.17, 15) is 9.90 Å². The molecule has 1 N–H and O–H groups in total. The third-order valence-corrected chi connectivity index (χ3v) is 2.47. The van der Waals surface area contributed by atoms with E-state index in [2.05, 4.69) is 0 Å². The summed E-state index contributed by atoms with van der Waals surface area (Å²) in [5, 5.41) is 9.62. The number of carbonyl (C=O) groups is 1. The summed E-state index contributed by atoms with van der Waals surface area (Å²) in [5.41, 5.74) is 0.151. The fourth-order valence-corrected chi connectivity index (χ4v) is 1.44. The maximum Gasteiger partial charge on any atom is 0.193 e. The molecule has 100 valence electrons. The van der Waals surface area contributed by atoms with Crippen LogP contribution in [0.2, 0.25) is 0 Å². The average molecular weight is 252 g/mol.